The lowest BCUT2D eigenvalue weighted by molar-refractivity contribution is -0.138. The lowest BCUT2D eigenvalue weighted by atomic mass is 10.1. The molecule has 1 aliphatic rings. The van der Waals surface area contributed by atoms with Crippen LogP contribution < -0.4 is 4.90 Å². The Bertz CT molecular complexity index is 490. The molecule has 8 heteroatoms. The molecule has 0 bridgehead atoms. The maximum Gasteiger partial charge on any atom is 0.445 e. The van der Waals surface area contributed by atoms with Crippen LogP contribution >= 0.6 is 11.3 Å². The number of anilines is 1. The van der Waals surface area contributed by atoms with Gasteiger partial charge in [-0.2, -0.15) is 13.2 Å². The summed E-state index contributed by atoms with van der Waals surface area (Å²) in [6.45, 7) is 0.196. The minimum atomic E-state index is -4.54. The zero-order chi connectivity index (χ0) is 12.6. The minimum absolute atomic E-state index is 0.0555. The van der Waals surface area contributed by atoms with Gasteiger partial charge in [-0.15, -0.1) is 22.5 Å². The Kier molecular flexibility index (Phi) is 2.79. The number of rotatable bonds is 1. The number of carbonyl (C=O) groups is 1. The van der Waals surface area contributed by atoms with Crippen LogP contribution in [0.4, 0.5) is 18.3 Å². The first-order valence-corrected chi connectivity index (χ1v) is 5.40. The van der Waals surface area contributed by atoms with Crippen molar-refractivity contribution < 1.29 is 18.0 Å². The molecule has 1 atom stereocenters. The van der Waals surface area contributed by atoms with Gasteiger partial charge in [0.2, 0.25) is 16.0 Å². The average molecular weight is 261 g/mol. The van der Waals surface area contributed by atoms with Crippen LogP contribution in [0, 0.1) is 18.3 Å². The molecule has 0 aliphatic carbocycles. The molecule has 1 aromatic rings. The number of terminal acetylenes is 1. The van der Waals surface area contributed by atoms with E-state index < -0.39 is 11.2 Å². The third-order valence-electron chi connectivity index (χ3n) is 2.25. The van der Waals surface area contributed by atoms with E-state index in [0.717, 1.165) is 4.90 Å². The number of hydrogen-bond donors (Lipinski definition) is 0. The number of carbonyl (C=O) groups excluding carboxylic acids is 1. The van der Waals surface area contributed by atoms with Gasteiger partial charge in [-0.3, -0.25) is 9.69 Å². The average Bonchev–Trinajstić information content (AvgIpc) is 2.82. The molecule has 4 nitrogen and oxygen atoms in total. The van der Waals surface area contributed by atoms with Crippen LogP contribution in [0.2, 0.25) is 0 Å². The van der Waals surface area contributed by atoms with Gasteiger partial charge in [0.1, 0.15) is 0 Å². The Hall–Kier alpha value is -1.62. The van der Waals surface area contributed by atoms with Crippen molar-refractivity contribution in [2.24, 2.45) is 5.92 Å². The summed E-state index contributed by atoms with van der Waals surface area (Å²) < 4.78 is 36.9. The Labute approximate surface area is 98.4 Å². The summed E-state index contributed by atoms with van der Waals surface area (Å²) in [5.74, 6) is 1.80. The maximum absolute atomic E-state index is 12.3. The van der Waals surface area contributed by atoms with E-state index in [1.165, 1.54) is 0 Å². The van der Waals surface area contributed by atoms with Gasteiger partial charge in [-0.25, -0.2) is 0 Å². The minimum Gasteiger partial charge on any atom is -0.285 e. The van der Waals surface area contributed by atoms with Crippen molar-refractivity contribution in [1.82, 2.24) is 10.2 Å². The summed E-state index contributed by atoms with van der Waals surface area (Å²) in [6.07, 6.45) is 0.768. The van der Waals surface area contributed by atoms with Crippen LogP contribution in [-0.2, 0) is 11.0 Å². The van der Waals surface area contributed by atoms with E-state index in [0.29, 0.717) is 11.3 Å². The Morgan fingerprint density at radius 1 is 1.47 bits per heavy atom. The molecular weight excluding hydrogens is 255 g/mol. The predicted molar refractivity (Wildman–Crippen MR) is 54.2 cm³/mol. The first kappa shape index (κ1) is 11.9. The smallest absolute Gasteiger partial charge is 0.285 e. The molecule has 1 aliphatic heterocycles. The van der Waals surface area contributed by atoms with Crippen LogP contribution in [0.1, 0.15) is 11.4 Å². The molecule has 0 radical (unpaired) electrons. The summed E-state index contributed by atoms with van der Waals surface area (Å²) in [5.41, 5.74) is 0. The van der Waals surface area contributed by atoms with Gasteiger partial charge >= 0.3 is 6.18 Å². The quantitative estimate of drug-likeness (QED) is 0.720. The van der Waals surface area contributed by atoms with Gasteiger partial charge in [-0.05, 0) is 0 Å². The third kappa shape index (κ3) is 2.24. The molecule has 1 aromatic heterocycles. The molecule has 1 amide bonds. The van der Waals surface area contributed by atoms with Crippen molar-refractivity contribution in [1.29, 1.82) is 0 Å². The van der Waals surface area contributed by atoms with Crippen LogP contribution in [0.3, 0.4) is 0 Å². The van der Waals surface area contributed by atoms with E-state index in [4.69, 9.17) is 6.42 Å². The normalized spacial score (nSPS) is 20.7. The third-order valence-corrected chi connectivity index (χ3v) is 3.24. The SMILES string of the molecule is C#CC1CC(=O)N(c2nnc(C(F)(F)F)s2)C1. The van der Waals surface area contributed by atoms with Gasteiger partial charge in [0.15, 0.2) is 0 Å². The lowest BCUT2D eigenvalue weighted by Crippen LogP contribution is -2.24. The van der Waals surface area contributed by atoms with E-state index in [-0.39, 0.29) is 29.9 Å². The first-order chi connectivity index (χ1) is 7.91. The van der Waals surface area contributed by atoms with Crippen LogP contribution in [0.15, 0.2) is 0 Å². The maximum atomic E-state index is 12.3. The number of alkyl halides is 3. The summed E-state index contributed by atoms with van der Waals surface area (Å²) in [7, 11) is 0. The summed E-state index contributed by atoms with van der Waals surface area (Å²) in [5, 5.41) is 5.26. The highest BCUT2D eigenvalue weighted by molar-refractivity contribution is 7.15. The van der Waals surface area contributed by atoms with E-state index in [1.807, 2.05) is 0 Å². The Balaban J connectivity index is 2.22. The summed E-state index contributed by atoms with van der Waals surface area (Å²) in [6, 6.07) is 0. The van der Waals surface area contributed by atoms with Gasteiger partial charge in [0, 0.05) is 18.9 Å². The molecule has 1 saturated heterocycles. The van der Waals surface area contributed by atoms with Crippen molar-refractivity contribution >= 4 is 22.4 Å². The fourth-order valence-corrected chi connectivity index (χ4v) is 2.18. The largest absolute Gasteiger partial charge is 0.445 e. The number of halogens is 3. The highest BCUT2D eigenvalue weighted by atomic mass is 32.1. The second kappa shape index (κ2) is 4.00. The highest BCUT2D eigenvalue weighted by Gasteiger charge is 2.38. The highest BCUT2D eigenvalue weighted by Crippen LogP contribution is 2.35. The molecule has 90 valence electrons. The molecule has 0 spiro atoms. The van der Waals surface area contributed by atoms with Crippen molar-refractivity contribution in [3.05, 3.63) is 5.01 Å². The second-order valence-corrected chi connectivity index (χ2v) is 4.42. The summed E-state index contributed by atoms with van der Waals surface area (Å²) >= 11 is 0.343. The van der Waals surface area contributed by atoms with Gasteiger partial charge in [-0.1, -0.05) is 11.3 Å². The molecule has 0 N–H and O–H groups in total. The Morgan fingerprint density at radius 2 is 2.18 bits per heavy atom. The number of nitrogens with zero attached hydrogens (tertiary/aromatic N) is 3. The monoisotopic (exact) mass is 261 g/mol. The van der Waals surface area contributed by atoms with E-state index in [1.54, 1.807) is 0 Å². The molecule has 2 heterocycles. The van der Waals surface area contributed by atoms with Crippen LogP contribution in [0.5, 0.6) is 0 Å². The lowest BCUT2D eigenvalue weighted by Gasteiger charge is -2.09. The molecule has 1 unspecified atom stereocenters. The fourth-order valence-electron chi connectivity index (χ4n) is 1.44. The topological polar surface area (TPSA) is 46.1 Å². The van der Waals surface area contributed by atoms with E-state index >= 15 is 0 Å². The van der Waals surface area contributed by atoms with Gasteiger partial charge in [0.05, 0.1) is 0 Å². The predicted octanol–water partition coefficient (Wildman–Crippen LogP) is 1.54. The zero-order valence-corrected chi connectivity index (χ0v) is 9.18. The molecular formula is C9H6F3N3OS. The van der Waals surface area contributed by atoms with Gasteiger partial charge in [0.25, 0.3) is 0 Å². The zero-order valence-electron chi connectivity index (χ0n) is 8.36. The number of amides is 1. The van der Waals surface area contributed by atoms with Crippen molar-refractivity contribution in [3.8, 4) is 12.3 Å². The van der Waals surface area contributed by atoms with Crippen molar-refractivity contribution in [3.63, 3.8) is 0 Å². The first-order valence-electron chi connectivity index (χ1n) is 4.59. The molecule has 17 heavy (non-hydrogen) atoms. The second-order valence-electron chi connectivity index (χ2n) is 3.46. The molecule has 2 rings (SSSR count). The molecule has 0 aromatic carbocycles. The van der Waals surface area contributed by atoms with Crippen LogP contribution in [-0.4, -0.2) is 22.6 Å². The van der Waals surface area contributed by atoms with E-state index in [9.17, 15) is 18.0 Å². The number of hydrogen-bond acceptors (Lipinski definition) is 4. The number of aromatic nitrogens is 2. The molecule has 0 saturated carbocycles. The van der Waals surface area contributed by atoms with Crippen molar-refractivity contribution in [2.75, 3.05) is 11.4 Å². The van der Waals surface area contributed by atoms with Crippen molar-refractivity contribution in [2.45, 2.75) is 12.6 Å². The Morgan fingerprint density at radius 3 is 2.65 bits per heavy atom. The summed E-state index contributed by atoms with van der Waals surface area (Å²) in [4.78, 5) is 12.6. The molecule has 1 fully saturated rings. The standard InChI is InChI=1S/C9H6F3N3OS/c1-2-5-3-6(16)15(4-5)8-14-13-7(17-8)9(10,11)12/h1,5H,3-4H2. The van der Waals surface area contributed by atoms with E-state index in [2.05, 4.69) is 16.1 Å². The van der Waals surface area contributed by atoms with Gasteiger partial charge < -0.3 is 0 Å². The van der Waals surface area contributed by atoms with Crippen LogP contribution in [0.25, 0.3) is 0 Å². The fraction of sp³-hybridized carbons (Fsp3) is 0.444.